The second kappa shape index (κ2) is 9.52. The van der Waals surface area contributed by atoms with Crippen LogP contribution < -0.4 is 16.0 Å². The highest BCUT2D eigenvalue weighted by Gasteiger charge is 2.31. The van der Waals surface area contributed by atoms with Gasteiger partial charge in [0.1, 0.15) is 0 Å². The summed E-state index contributed by atoms with van der Waals surface area (Å²) in [5.74, 6) is 0.693. The van der Waals surface area contributed by atoms with Crippen LogP contribution in [0.4, 0.5) is 0 Å². The van der Waals surface area contributed by atoms with Gasteiger partial charge >= 0.3 is 0 Å². The Bertz CT molecular complexity index is 476. The molecule has 1 heterocycles. The molecule has 1 aromatic carbocycles. The molecule has 3 rings (SSSR count). The van der Waals surface area contributed by atoms with Crippen molar-refractivity contribution in [2.75, 3.05) is 52.4 Å². The SMILES string of the molecule is C[C@H]1C[C@@H](N2CCCCNCCNCCNCC2)c2ccccc21. The monoisotopic (exact) mass is 330 g/mol. The highest BCUT2D eigenvalue weighted by Crippen LogP contribution is 2.43. The second-order valence-electron chi connectivity index (χ2n) is 7.27. The molecular weight excluding hydrogens is 296 g/mol. The van der Waals surface area contributed by atoms with E-state index in [4.69, 9.17) is 0 Å². The Morgan fingerprint density at radius 2 is 1.46 bits per heavy atom. The van der Waals surface area contributed by atoms with E-state index < -0.39 is 0 Å². The van der Waals surface area contributed by atoms with E-state index in [1.165, 1.54) is 25.8 Å². The van der Waals surface area contributed by atoms with Crippen LogP contribution in [0.5, 0.6) is 0 Å². The van der Waals surface area contributed by atoms with Crippen LogP contribution in [-0.2, 0) is 0 Å². The average molecular weight is 331 g/mol. The minimum Gasteiger partial charge on any atom is -0.315 e. The number of hydrogen-bond acceptors (Lipinski definition) is 4. The maximum Gasteiger partial charge on any atom is 0.0357 e. The van der Waals surface area contributed by atoms with Gasteiger partial charge in [0.15, 0.2) is 0 Å². The van der Waals surface area contributed by atoms with Crippen LogP contribution >= 0.6 is 0 Å². The molecule has 1 saturated heterocycles. The third kappa shape index (κ3) is 4.79. The van der Waals surface area contributed by atoms with Crippen LogP contribution in [0.15, 0.2) is 24.3 Å². The van der Waals surface area contributed by atoms with Crippen LogP contribution in [0.2, 0.25) is 0 Å². The van der Waals surface area contributed by atoms with Gasteiger partial charge in [0, 0.05) is 45.3 Å². The fourth-order valence-corrected chi connectivity index (χ4v) is 4.14. The van der Waals surface area contributed by atoms with Gasteiger partial charge in [-0.1, -0.05) is 31.2 Å². The molecule has 24 heavy (non-hydrogen) atoms. The summed E-state index contributed by atoms with van der Waals surface area (Å²) in [6.45, 7) is 11.3. The summed E-state index contributed by atoms with van der Waals surface area (Å²) in [6, 6.07) is 9.70. The molecular formula is C20H34N4. The molecule has 3 N–H and O–H groups in total. The van der Waals surface area contributed by atoms with E-state index in [2.05, 4.69) is 52.0 Å². The third-order valence-corrected chi connectivity index (χ3v) is 5.49. The number of nitrogens with one attached hydrogen (secondary N) is 3. The van der Waals surface area contributed by atoms with Gasteiger partial charge < -0.3 is 16.0 Å². The lowest BCUT2D eigenvalue weighted by Gasteiger charge is -2.30. The van der Waals surface area contributed by atoms with Crippen LogP contribution in [0.1, 0.15) is 49.3 Å². The number of benzene rings is 1. The Labute approximate surface area is 147 Å². The number of nitrogens with zero attached hydrogens (tertiary/aromatic N) is 1. The molecule has 0 spiro atoms. The molecule has 1 fully saturated rings. The molecule has 1 aromatic rings. The molecule has 2 aliphatic rings. The Morgan fingerprint density at radius 1 is 0.792 bits per heavy atom. The van der Waals surface area contributed by atoms with Crippen molar-refractivity contribution in [3.63, 3.8) is 0 Å². The normalized spacial score (nSPS) is 28.2. The van der Waals surface area contributed by atoms with Crippen LogP contribution in [0, 0.1) is 0 Å². The van der Waals surface area contributed by atoms with Crippen LogP contribution in [-0.4, -0.2) is 57.3 Å². The zero-order chi connectivity index (χ0) is 16.6. The van der Waals surface area contributed by atoms with Gasteiger partial charge in [-0.15, -0.1) is 0 Å². The molecule has 0 radical (unpaired) electrons. The maximum atomic E-state index is 3.60. The zero-order valence-electron chi connectivity index (χ0n) is 15.2. The lowest BCUT2D eigenvalue weighted by Crippen LogP contribution is -2.39. The summed E-state index contributed by atoms with van der Waals surface area (Å²) in [6.07, 6.45) is 3.83. The average Bonchev–Trinajstić information content (AvgIpc) is 2.94. The Hall–Kier alpha value is -0.940. The van der Waals surface area contributed by atoms with Gasteiger partial charge in [0.2, 0.25) is 0 Å². The summed E-state index contributed by atoms with van der Waals surface area (Å²) in [5.41, 5.74) is 3.15. The van der Waals surface area contributed by atoms with E-state index in [-0.39, 0.29) is 0 Å². The molecule has 0 aromatic heterocycles. The van der Waals surface area contributed by atoms with Crippen molar-refractivity contribution >= 4 is 0 Å². The summed E-state index contributed by atoms with van der Waals surface area (Å²) in [4.78, 5) is 2.73. The molecule has 2 atom stereocenters. The van der Waals surface area contributed by atoms with Crippen molar-refractivity contribution in [1.82, 2.24) is 20.9 Å². The fraction of sp³-hybridized carbons (Fsp3) is 0.700. The highest BCUT2D eigenvalue weighted by atomic mass is 15.2. The number of rotatable bonds is 1. The topological polar surface area (TPSA) is 39.3 Å². The van der Waals surface area contributed by atoms with Crippen molar-refractivity contribution in [3.8, 4) is 0 Å². The molecule has 4 heteroatoms. The minimum atomic E-state index is 0.608. The fourth-order valence-electron chi connectivity index (χ4n) is 4.14. The number of hydrogen-bond donors (Lipinski definition) is 3. The quantitative estimate of drug-likeness (QED) is 0.737. The third-order valence-electron chi connectivity index (χ3n) is 5.49. The lowest BCUT2D eigenvalue weighted by molar-refractivity contribution is 0.189. The minimum absolute atomic E-state index is 0.608. The molecule has 134 valence electrons. The molecule has 0 bridgehead atoms. The Balaban J connectivity index is 1.62. The van der Waals surface area contributed by atoms with E-state index in [1.54, 1.807) is 11.1 Å². The maximum absolute atomic E-state index is 3.60. The van der Waals surface area contributed by atoms with Crippen LogP contribution in [0.25, 0.3) is 0 Å². The van der Waals surface area contributed by atoms with Gasteiger partial charge in [0.25, 0.3) is 0 Å². The zero-order valence-corrected chi connectivity index (χ0v) is 15.2. The number of fused-ring (bicyclic) bond motifs is 1. The van der Waals surface area contributed by atoms with Gasteiger partial charge in [0.05, 0.1) is 0 Å². The molecule has 0 unspecified atom stereocenters. The molecule has 0 amide bonds. The molecule has 1 aliphatic heterocycles. The first-order chi connectivity index (χ1) is 11.9. The largest absolute Gasteiger partial charge is 0.315 e. The summed E-state index contributed by atoms with van der Waals surface area (Å²) in [5, 5.41) is 10.6. The second-order valence-corrected chi connectivity index (χ2v) is 7.27. The van der Waals surface area contributed by atoms with Gasteiger partial charge in [-0.3, -0.25) is 4.90 Å². The predicted molar refractivity (Wildman–Crippen MR) is 102 cm³/mol. The smallest absolute Gasteiger partial charge is 0.0357 e. The predicted octanol–water partition coefficient (Wildman–Crippen LogP) is 2.10. The highest BCUT2D eigenvalue weighted by molar-refractivity contribution is 5.37. The van der Waals surface area contributed by atoms with Gasteiger partial charge in [-0.2, -0.15) is 0 Å². The van der Waals surface area contributed by atoms with E-state index in [1.807, 2.05) is 0 Å². The lowest BCUT2D eigenvalue weighted by atomic mass is 10.0. The summed E-state index contributed by atoms with van der Waals surface area (Å²) in [7, 11) is 0. The first-order valence-corrected chi connectivity index (χ1v) is 9.81. The van der Waals surface area contributed by atoms with E-state index in [9.17, 15) is 0 Å². The Morgan fingerprint density at radius 3 is 2.25 bits per heavy atom. The van der Waals surface area contributed by atoms with E-state index in [0.717, 1.165) is 45.8 Å². The van der Waals surface area contributed by atoms with Crippen molar-refractivity contribution in [3.05, 3.63) is 35.4 Å². The molecule has 0 saturated carbocycles. The van der Waals surface area contributed by atoms with Gasteiger partial charge in [-0.05, 0) is 49.4 Å². The first-order valence-electron chi connectivity index (χ1n) is 9.81. The van der Waals surface area contributed by atoms with E-state index in [0.29, 0.717) is 12.0 Å². The first kappa shape index (κ1) is 17.9. The van der Waals surface area contributed by atoms with Crippen molar-refractivity contribution < 1.29 is 0 Å². The standard InChI is InChI=1S/C20H34N4/c1-17-16-20(19-7-3-2-6-18(17)19)24-14-5-4-8-21-9-10-22-11-12-23-13-15-24/h2-3,6-7,17,20-23H,4-5,8-16H2,1H3/t17-,20+/m0/s1. The molecule has 1 aliphatic carbocycles. The van der Waals surface area contributed by atoms with E-state index >= 15 is 0 Å². The molecule has 4 nitrogen and oxygen atoms in total. The van der Waals surface area contributed by atoms with Crippen LogP contribution in [0.3, 0.4) is 0 Å². The van der Waals surface area contributed by atoms with Gasteiger partial charge in [-0.25, -0.2) is 0 Å². The van der Waals surface area contributed by atoms with Crippen molar-refractivity contribution in [2.24, 2.45) is 0 Å². The summed E-state index contributed by atoms with van der Waals surface area (Å²) < 4.78 is 0. The van der Waals surface area contributed by atoms with Crippen molar-refractivity contribution in [1.29, 1.82) is 0 Å². The summed E-state index contributed by atoms with van der Waals surface area (Å²) >= 11 is 0. The van der Waals surface area contributed by atoms with Crippen molar-refractivity contribution in [2.45, 2.75) is 38.1 Å². The Kier molecular flexibility index (Phi) is 7.09.